The summed E-state index contributed by atoms with van der Waals surface area (Å²) in [7, 11) is 1.51. The molecule has 140 valence electrons. The number of hydrogen-bond acceptors (Lipinski definition) is 5. The quantitative estimate of drug-likeness (QED) is 0.754. The summed E-state index contributed by atoms with van der Waals surface area (Å²) < 4.78 is 10.5. The van der Waals surface area contributed by atoms with E-state index in [-0.39, 0.29) is 6.61 Å². The van der Waals surface area contributed by atoms with Gasteiger partial charge in [0.15, 0.2) is 6.61 Å². The van der Waals surface area contributed by atoms with Crippen molar-refractivity contribution in [2.45, 2.75) is 12.5 Å². The van der Waals surface area contributed by atoms with Crippen LogP contribution in [0.3, 0.4) is 0 Å². The van der Waals surface area contributed by atoms with Gasteiger partial charge < -0.3 is 14.8 Å². The average molecular weight is 369 g/mol. The molecule has 0 bridgehead atoms. The lowest BCUT2D eigenvalue weighted by Crippen LogP contribution is -2.49. The lowest BCUT2D eigenvalue weighted by atomic mass is 9.92. The minimum Gasteiger partial charge on any atom is -0.497 e. The lowest BCUT2D eigenvalue weighted by Gasteiger charge is -2.22. The fraction of sp³-hybridized carbons (Fsp3) is 0.211. The van der Waals surface area contributed by atoms with Crippen LogP contribution in [0.4, 0.5) is 4.79 Å². The number of carbonyl (C=O) groups is 3. The Morgan fingerprint density at radius 2 is 1.81 bits per heavy atom. The zero-order chi connectivity index (χ0) is 19.4. The molecule has 0 aromatic heterocycles. The van der Waals surface area contributed by atoms with E-state index in [4.69, 9.17) is 9.47 Å². The number of benzene rings is 2. The van der Waals surface area contributed by atoms with Crippen molar-refractivity contribution in [2.75, 3.05) is 13.7 Å². The summed E-state index contributed by atoms with van der Waals surface area (Å²) in [5.41, 5.74) is 1.50. The molecule has 0 radical (unpaired) electrons. The first kappa shape index (κ1) is 18.2. The number of nitrogens with zero attached hydrogens (tertiary/aromatic N) is 1. The standard InChI is InChI=1S/C19H19N3O5/c1-19(13-7-6-10-15(11-13)26-2)17(24)22(18(25)20-19)21-16(23)12-27-14-8-4-3-5-9-14/h3-11H,12H2,1-2H3,(H,20,25)(H,21,23)/t19-/m0/s1. The number of urea groups is 1. The van der Waals surface area contributed by atoms with Crippen molar-refractivity contribution >= 4 is 17.8 Å². The Labute approximate surface area is 156 Å². The average Bonchev–Trinajstić information content (AvgIpc) is 2.91. The Morgan fingerprint density at radius 3 is 2.52 bits per heavy atom. The van der Waals surface area contributed by atoms with Crippen LogP contribution in [0.15, 0.2) is 54.6 Å². The molecule has 3 rings (SSSR count). The molecule has 27 heavy (non-hydrogen) atoms. The van der Waals surface area contributed by atoms with Crippen molar-refractivity contribution in [1.82, 2.24) is 15.8 Å². The zero-order valence-corrected chi connectivity index (χ0v) is 14.9. The summed E-state index contributed by atoms with van der Waals surface area (Å²) in [6.45, 7) is 1.23. The molecule has 1 aliphatic heterocycles. The third-order valence-corrected chi connectivity index (χ3v) is 4.19. The van der Waals surface area contributed by atoms with Gasteiger partial charge in [0.25, 0.3) is 11.8 Å². The van der Waals surface area contributed by atoms with Gasteiger partial charge in [-0.2, -0.15) is 5.01 Å². The minimum atomic E-state index is -1.32. The maximum atomic E-state index is 12.8. The summed E-state index contributed by atoms with van der Waals surface area (Å²) in [6, 6.07) is 14.8. The molecule has 0 aliphatic carbocycles. The highest BCUT2D eigenvalue weighted by molar-refractivity contribution is 6.08. The second-order valence-electron chi connectivity index (χ2n) is 6.06. The van der Waals surface area contributed by atoms with E-state index in [1.807, 2.05) is 6.07 Å². The number of rotatable bonds is 6. The topological polar surface area (TPSA) is 97.0 Å². The van der Waals surface area contributed by atoms with Crippen LogP contribution in [0.25, 0.3) is 0 Å². The number of amides is 4. The number of nitrogens with one attached hydrogen (secondary N) is 2. The van der Waals surface area contributed by atoms with Gasteiger partial charge in [-0.3, -0.25) is 15.0 Å². The van der Waals surface area contributed by atoms with Gasteiger partial charge in [-0.05, 0) is 36.8 Å². The van der Waals surface area contributed by atoms with Gasteiger partial charge in [0.1, 0.15) is 17.0 Å². The van der Waals surface area contributed by atoms with E-state index in [0.29, 0.717) is 22.1 Å². The number of imide groups is 1. The van der Waals surface area contributed by atoms with Gasteiger partial charge in [0, 0.05) is 0 Å². The first-order valence-corrected chi connectivity index (χ1v) is 8.22. The number of methoxy groups -OCH3 is 1. The molecule has 8 nitrogen and oxygen atoms in total. The minimum absolute atomic E-state index is 0.336. The molecule has 2 aromatic carbocycles. The second-order valence-corrected chi connectivity index (χ2v) is 6.06. The van der Waals surface area contributed by atoms with Gasteiger partial charge in [-0.1, -0.05) is 30.3 Å². The SMILES string of the molecule is COc1cccc([C@]2(C)NC(=O)N(NC(=O)COc3ccccc3)C2=O)c1. The van der Waals surface area contributed by atoms with E-state index >= 15 is 0 Å². The van der Waals surface area contributed by atoms with Crippen molar-refractivity contribution < 1.29 is 23.9 Å². The molecule has 0 spiro atoms. The number of carbonyl (C=O) groups excluding carboxylic acids is 3. The smallest absolute Gasteiger partial charge is 0.344 e. The Morgan fingerprint density at radius 1 is 1.11 bits per heavy atom. The van der Waals surface area contributed by atoms with Crippen LogP contribution in [-0.2, 0) is 15.1 Å². The third-order valence-electron chi connectivity index (χ3n) is 4.19. The van der Waals surface area contributed by atoms with Crippen molar-refractivity contribution in [3.05, 3.63) is 60.2 Å². The van der Waals surface area contributed by atoms with E-state index in [1.165, 1.54) is 7.11 Å². The van der Waals surface area contributed by atoms with Crippen LogP contribution in [-0.4, -0.2) is 36.6 Å². The molecular formula is C19H19N3O5. The lowest BCUT2D eigenvalue weighted by molar-refractivity contribution is -0.139. The monoisotopic (exact) mass is 369 g/mol. The molecule has 0 unspecified atom stereocenters. The highest BCUT2D eigenvalue weighted by atomic mass is 16.5. The molecule has 1 saturated heterocycles. The predicted molar refractivity (Wildman–Crippen MR) is 95.8 cm³/mol. The fourth-order valence-electron chi connectivity index (χ4n) is 2.69. The molecule has 2 N–H and O–H groups in total. The zero-order valence-electron chi connectivity index (χ0n) is 14.9. The van der Waals surface area contributed by atoms with E-state index in [9.17, 15) is 14.4 Å². The normalized spacial score (nSPS) is 18.8. The molecule has 0 saturated carbocycles. The highest BCUT2D eigenvalue weighted by Crippen LogP contribution is 2.30. The van der Waals surface area contributed by atoms with E-state index in [2.05, 4.69) is 10.7 Å². The van der Waals surface area contributed by atoms with Crippen LogP contribution in [0, 0.1) is 0 Å². The molecule has 1 fully saturated rings. The van der Waals surface area contributed by atoms with Crippen LogP contribution in [0.5, 0.6) is 11.5 Å². The van der Waals surface area contributed by atoms with Crippen LogP contribution in [0.2, 0.25) is 0 Å². The Balaban J connectivity index is 1.69. The predicted octanol–water partition coefficient (Wildman–Crippen LogP) is 1.57. The number of hydrazine groups is 1. The van der Waals surface area contributed by atoms with E-state index < -0.39 is 23.4 Å². The van der Waals surface area contributed by atoms with E-state index in [0.717, 1.165) is 0 Å². The molecule has 1 aliphatic rings. The maximum absolute atomic E-state index is 12.8. The molecular weight excluding hydrogens is 350 g/mol. The Bertz CT molecular complexity index is 871. The summed E-state index contributed by atoms with van der Waals surface area (Å²) in [4.78, 5) is 37.1. The van der Waals surface area contributed by atoms with Gasteiger partial charge in [-0.15, -0.1) is 0 Å². The van der Waals surface area contributed by atoms with E-state index in [1.54, 1.807) is 55.5 Å². The Hall–Kier alpha value is -3.55. The second kappa shape index (κ2) is 7.36. The van der Waals surface area contributed by atoms with Crippen molar-refractivity contribution in [3.8, 4) is 11.5 Å². The largest absolute Gasteiger partial charge is 0.497 e. The first-order chi connectivity index (χ1) is 12.9. The number of ether oxygens (including phenoxy) is 2. The first-order valence-electron chi connectivity index (χ1n) is 8.22. The summed E-state index contributed by atoms with van der Waals surface area (Å²) in [5, 5.41) is 3.27. The van der Waals surface area contributed by atoms with Crippen molar-refractivity contribution in [3.63, 3.8) is 0 Å². The molecule has 1 heterocycles. The number of para-hydroxylation sites is 1. The maximum Gasteiger partial charge on any atom is 0.344 e. The molecule has 1 atom stereocenters. The van der Waals surface area contributed by atoms with Crippen molar-refractivity contribution in [1.29, 1.82) is 0 Å². The molecule has 2 aromatic rings. The summed E-state index contributed by atoms with van der Waals surface area (Å²) in [5.74, 6) is -0.174. The summed E-state index contributed by atoms with van der Waals surface area (Å²) >= 11 is 0. The molecule has 4 amide bonds. The van der Waals surface area contributed by atoms with Gasteiger partial charge in [0.05, 0.1) is 7.11 Å². The fourth-order valence-corrected chi connectivity index (χ4v) is 2.69. The Kier molecular flexibility index (Phi) is 4.98. The van der Waals surface area contributed by atoms with Crippen LogP contribution in [0.1, 0.15) is 12.5 Å². The van der Waals surface area contributed by atoms with Crippen molar-refractivity contribution in [2.24, 2.45) is 0 Å². The summed E-state index contributed by atoms with van der Waals surface area (Å²) in [6.07, 6.45) is 0. The highest BCUT2D eigenvalue weighted by Gasteiger charge is 2.50. The molecule has 8 heteroatoms. The van der Waals surface area contributed by atoms with Gasteiger partial charge >= 0.3 is 6.03 Å². The van der Waals surface area contributed by atoms with Crippen LogP contribution < -0.4 is 20.2 Å². The third kappa shape index (κ3) is 3.69. The van der Waals surface area contributed by atoms with Gasteiger partial charge in [-0.25, -0.2) is 4.79 Å². The number of hydrogen-bond donors (Lipinski definition) is 2. The van der Waals surface area contributed by atoms with Gasteiger partial charge in [0.2, 0.25) is 0 Å². The van der Waals surface area contributed by atoms with Crippen LogP contribution >= 0.6 is 0 Å².